The molecule has 0 saturated heterocycles. The van der Waals surface area contributed by atoms with Gasteiger partial charge in [0.15, 0.2) is 2.75 Å². The average molecular weight is 507 g/mol. The van der Waals surface area contributed by atoms with Crippen LogP contribution in [0.1, 0.15) is 50.6 Å². The Kier molecular flexibility index (Phi) is 6.24. The first kappa shape index (κ1) is 20.3. The number of amidine groups is 1. The van der Waals surface area contributed by atoms with Crippen molar-refractivity contribution in [3.63, 3.8) is 0 Å². The summed E-state index contributed by atoms with van der Waals surface area (Å²) in [6.45, 7) is 2.00. The predicted octanol–water partition coefficient (Wildman–Crippen LogP) is 2.46. The zero-order chi connectivity index (χ0) is 19.5. The van der Waals surface area contributed by atoms with E-state index < -0.39 is 30.9 Å². The Labute approximate surface area is 172 Å². The van der Waals surface area contributed by atoms with Crippen LogP contribution >= 0.6 is 22.6 Å². The van der Waals surface area contributed by atoms with Crippen molar-refractivity contribution >= 4 is 44.6 Å². The van der Waals surface area contributed by atoms with Crippen LogP contribution in [-0.4, -0.2) is 40.9 Å². The minimum absolute atomic E-state index is 0.00199. The van der Waals surface area contributed by atoms with Gasteiger partial charge in [0.05, 0.1) is 19.1 Å². The molecule has 0 amide bonds. The monoisotopic (exact) mass is 507 g/mol. The van der Waals surface area contributed by atoms with Crippen molar-refractivity contribution in [3.05, 3.63) is 30.1 Å². The molecule has 0 bridgehead atoms. The van der Waals surface area contributed by atoms with E-state index in [2.05, 4.69) is 14.7 Å². The molecule has 1 saturated carbocycles. The van der Waals surface area contributed by atoms with E-state index in [0.29, 0.717) is 18.4 Å². The number of rotatable bonds is 5. The Morgan fingerprint density at radius 3 is 3.04 bits per heavy atom. The normalized spacial score (nSPS) is 27.5. The highest BCUT2D eigenvalue weighted by Gasteiger charge is 2.54. The number of hydrogen-bond acceptors (Lipinski definition) is 7. The van der Waals surface area contributed by atoms with E-state index in [4.69, 9.17) is 9.47 Å². The molecule has 148 valence electrons. The molecule has 27 heavy (non-hydrogen) atoms. The van der Waals surface area contributed by atoms with Gasteiger partial charge in [-0.15, -0.1) is 4.40 Å². The van der Waals surface area contributed by atoms with Gasteiger partial charge in [0.1, 0.15) is 6.10 Å². The van der Waals surface area contributed by atoms with E-state index in [-0.39, 0.29) is 19.0 Å². The highest BCUT2D eigenvalue weighted by atomic mass is 127. The van der Waals surface area contributed by atoms with Crippen LogP contribution in [0.25, 0.3) is 0 Å². The summed E-state index contributed by atoms with van der Waals surface area (Å²) in [7, 11) is -3.74. The zero-order valence-corrected chi connectivity index (χ0v) is 17.9. The van der Waals surface area contributed by atoms with Gasteiger partial charge >= 0.3 is 12.0 Å². The first-order chi connectivity index (χ1) is 12.9. The number of nitrogens with zero attached hydrogens (tertiary/aromatic N) is 2. The molecule has 1 fully saturated rings. The summed E-state index contributed by atoms with van der Waals surface area (Å²) in [5.74, 6) is -0.404. The summed E-state index contributed by atoms with van der Waals surface area (Å²) in [5.41, 5.74) is 0.712. The van der Waals surface area contributed by atoms with Gasteiger partial charge in [0.2, 0.25) is 0 Å². The molecular formula is C17H22IN3O5S. The molecule has 1 aromatic heterocycles. The van der Waals surface area contributed by atoms with Gasteiger partial charge < -0.3 is 14.8 Å². The smallest absolute Gasteiger partial charge is 0.308 e. The molecule has 1 aliphatic carbocycles. The summed E-state index contributed by atoms with van der Waals surface area (Å²) in [4.78, 5) is 16.1. The number of carbonyl (C=O) groups excluding carboxylic acids is 1. The van der Waals surface area contributed by atoms with Crippen LogP contribution in [0.2, 0.25) is 0 Å². The SMILES string of the molecule is CCOC(=O)C[C@H](NC1=NS(=O)(=O)[C@]2(I)CCCC[C@@H]2O1)c1cccnc1. The lowest BCUT2D eigenvalue weighted by atomic mass is 9.97. The number of alkyl halides is 1. The molecular weight excluding hydrogens is 485 g/mol. The molecule has 3 atom stereocenters. The lowest BCUT2D eigenvalue weighted by Crippen LogP contribution is -2.53. The number of fused-ring (bicyclic) bond motifs is 1. The summed E-state index contributed by atoms with van der Waals surface area (Å²) in [6, 6.07) is 2.90. The first-order valence-corrected chi connectivity index (χ1v) is 11.4. The molecule has 1 N–H and O–H groups in total. The van der Waals surface area contributed by atoms with Crippen molar-refractivity contribution in [3.8, 4) is 0 Å². The average Bonchev–Trinajstić information content (AvgIpc) is 2.63. The third-order valence-electron chi connectivity index (χ3n) is 4.66. The molecule has 1 aliphatic heterocycles. The number of hydrogen-bond donors (Lipinski definition) is 1. The maximum absolute atomic E-state index is 12.8. The molecule has 0 radical (unpaired) electrons. The number of halogens is 1. The molecule has 8 nitrogen and oxygen atoms in total. The molecule has 2 heterocycles. The molecule has 2 aliphatic rings. The van der Waals surface area contributed by atoms with E-state index in [1.54, 1.807) is 31.5 Å². The van der Waals surface area contributed by atoms with Gasteiger partial charge in [-0.2, -0.15) is 0 Å². The van der Waals surface area contributed by atoms with E-state index in [1.807, 2.05) is 22.6 Å². The first-order valence-electron chi connectivity index (χ1n) is 8.88. The van der Waals surface area contributed by atoms with Crippen LogP contribution in [0.5, 0.6) is 0 Å². The van der Waals surface area contributed by atoms with Gasteiger partial charge in [0, 0.05) is 12.4 Å². The van der Waals surface area contributed by atoms with Crippen molar-refractivity contribution in [1.82, 2.24) is 10.3 Å². The quantitative estimate of drug-likeness (QED) is 0.371. The van der Waals surface area contributed by atoms with Crippen LogP contribution in [0.3, 0.4) is 0 Å². The predicted molar refractivity (Wildman–Crippen MR) is 108 cm³/mol. The minimum atomic E-state index is -3.74. The van der Waals surface area contributed by atoms with E-state index in [0.717, 1.165) is 12.8 Å². The Morgan fingerprint density at radius 2 is 2.33 bits per heavy atom. The van der Waals surface area contributed by atoms with Crippen LogP contribution in [0.4, 0.5) is 0 Å². The number of sulfonamides is 1. The largest absolute Gasteiger partial charge is 0.466 e. The van der Waals surface area contributed by atoms with Crippen LogP contribution in [-0.2, 0) is 24.3 Å². The number of nitrogens with one attached hydrogen (secondary N) is 1. The van der Waals surface area contributed by atoms with Crippen molar-refractivity contribution in [2.75, 3.05) is 6.61 Å². The summed E-state index contributed by atoms with van der Waals surface area (Å²) < 4.78 is 39.3. The Bertz CT molecular complexity index is 817. The van der Waals surface area contributed by atoms with Gasteiger partial charge in [0.25, 0.3) is 10.0 Å². The second kappa shape index (κ2) is 8.29. The van der Waals surface area contributed by atoms with E-state index in [9.17, 15) is 13.2 Å². The number of pyridine rings is 1. The number of ether oxygens (including phenoxy) is 2. The van der Waals surface area contributed by atoms with Crippen LogP contribution in [0.15, 0.2) is 28.9 Å². The highest BCUT2D eigenvalue weighted by molar-refractivity contribution is 14.1. The summed E-state index contributed by atoms with van der Waals surface area (Å²) >= 11 is 1.96. The third kappa shape index (κ3) is 4.36. The fourth-order valence-electron chi connectivity index (χ4n) is 3.29. The Hall–Kier alpha value is -1.43. The second-order valence-electron chi connectivity index (χ2n) is 6.50. The van der Waals surface area contributed by atoms with Gasteiger partial charge in [-0.1, -0.05) is 35.1 Å². The van der Waals surface area contributed by atoms with Crippen molar-refractivity contribution < 1.29 is 22.7 Å². The van der Waals surface area contributed by atoms with Gasteiger partial charge in [-0.3, -0.25) is 9.78 Å². The second-order valence-corrected chi connectivity index (χ2v) is 11.0. The third-order valence-corrected chi connectivity index (χ3v) is 9.30. The number of esters is 1. The lowest BCUT2D eigenvalue weighted by Gasteiger charge is -2.40. The maximum atomic E-state index is 12.8. The molecule has 3 rings (SSSR count). The Morgan fingerprint density at radius 1 is 1.52 bits per heavy atom. The summed E-state index contributed by atoms with van der Waals surface area (Å²) in [6.07, 6.45) is 5.68. The number of aromatic nitrogens is 1. The molecule has 1 aromatic rings. The topological polar surface area (TPSA) is 107 Å². The Balaban J connectivity index is 1.86. The minimum Gasteiger partial charge on any atom is -0.466 e. The van der Waals surface area contributed by atoms with Crippen LogP contribution < -0.4 is 5.32 Å². The molecule has 0 spiro atoms. The number of carbonyl (C=O) groups is 1. The van der Waals surface area contributed by atoms with Gasteiger partial charge in [-0.25, -0.2) is 8.42 Å². The van der Waals surface area contributed by atoms with E-state index in [1.165, 1.54) is 0 Å². The molecule has 0 unspecified atom stereocenters. The fraction of sp³-hybridized carbons (Fsp3) is 0.588. The van der Waals surface area contributed by atoms with E-state index >= 15 is 0 Å². The molecule has 0 aromatic carbocycles. The standard InChI is InChI=1S/C17H22IN3O5S/c1-2-25-15(22)10-13(12-6-5-9-19-11-12)20-16-21-27(23,24)17(18)8-4-3-7-14(17)26-16/h5-6,9,11,13-14H,2-4,7-8,10H2,1H3,(H,20,21)/t13-,14-,17+/m0/s1. The maximum Gasteiger partial charge on any atom is 0.308 e. The highest BCUT2D eigenvalue weighted by Crippen LogP contribution is 2.45. The van der Waals surface area contributed by atoms with Crippen LogP contribution in [0, 0.1) is 0 Å². The van der Waals surface area contributed by atoms with Crippen molar-refractivity contribution in [1.29, 1.82) is 0 Å². The fourth-order valence-corrected chi connectivity index (χ4v) is 5.77. The molecule has 10 heteroatoms. The lowest BCUT2D eigenvalue weighted by molar-refractivity contribution is -0.143. The summed E-state index contributed by atoms with van der Waals surface area (Å²) in [5, 5.41) is 2.97. The van der Waals surface area contributed by atoms with Crippen molar-refractivity contribution in [2.24, 2.45) is 4.40 Å². The zero-order valence-electron chi connectivity index (χ0n) is 14.9. The van der Waals surface area contributed by atoms with Crippen molar-refractivity contribution in [2.45, 2.75) is 53.9 Å². The van der Waals surface area contributed by atoms with Gasteiger partial charge in [-0.05, 0) is 37.8 Å².